The minimum absolute atomic E-state index is 0.203. The van der Waals surface area contributed by atoms with Crippen molar-refractivity contribution in [3.05, 3.63) is 47.8 Å². The Balaban J connectivity index is 1.79. The Morgan fingerprint density at radius 2 is 2.13 bits per heavy atom. The smallest absolute Gasteiger partial charge is 0.247 e. The molecule has 1 atom stereocenters. The summed E-state index contributed by atoms with van der Waals surface area (Å²) in [6, 6.07) is 8.57. The van der Waals surface area contributed by atoms with E-state index in [1.165, 1.54) is 15.6 Å². The molecule has 1 aliphatic heterocycles. The van der Waals surface area contributed by atoms with Crippen molar-refractivity contribution in [3.63, 3.8) is 0 Å². The van der Waals surface area contributed by atoms with Crippen molar-refractivity contribution in [1.82, 2.24) is 14.3 Å². The molecule has 0 spiro atoms. The van der Waals surface area contributed by atoms with Gasteiger partial charge in [0.25, 0.3) is 0 Å². The fourth-order valence-electron chi connectivity index (χ4n) is 3.84. The van der Waals surface area contributed by atoms with Gasteiger partial charge in [0.2, 0.25) is 15.9 Å². The number of fused-ring (bicyclic) bond motifs is 1. The van der Waals surface area contributed by atoms with Gasteiger partial charge in [0, 0.05) is 12.7 Å². The highest BCUT2D eigenvalue weighted by Crippen LogP contribution is 2.37. The molecule has 2 aromatic heterocycles. The van der Waals surface area contributed by atoms with Crippen molar-refractivity contribution >= 4 is 42.6 Å². The lowest BCUT2D eigenvalue weighted by molar-refractivity contribution is -0.121. The largest absolute Gasteiger partial charge is 0.494 e. The summed E-state index contributed by atoms with van der Waals surface area (Å²) >= 11 is 1.39. The minimum atomic E-state index is -3.49. The molecular weight excluding hydrogens is 436 g/mol. The number of ether oxygens (including phenoxy) is 1. The number of methoxy groups -OCH3 is 1. The molecule has 1 amide bonds. The number of nitrogens with zero attached hydrogens (tertiary/aromatic N) is 4. The molecule has 0 N–H and O–H groups in total. The van der Waals surface area contributed by atoms with Crippen molar-refractivity contribution in [2.24, 2.45) is 0 Å². The predicted molar refractivity (Wildman–Crippen MR) is 121 cm³/mol. The van der Waals surface area contributed by atoms with Crippen molar-refractivity contribution in [2.75, 3.05) is 24.8 Å². The van der Waals surface area contributed by atoms with E-state index in [9.17, 15) is 13.2 Å². The molecule has 1 aromatic carbocycles. The monoisotopic (exact) mass is 460 g/mol. The van der Waals surface area contributed by atoms with Gasteiger partial charge in [-0.05, 0) is 43.5 Å². The summed E-state index contributed by atoms with van der Waals surface area (Å²) in [5.41, 5.74) is 2.42. The number of sulfonamides is 1. The zero-order valence-electron chi connectivity index (χ0n) is 17.6. The van der Waals surface area contributed by atoms with Crippen LogP contribution in [0, 0.1) is 6.92 Å². The summed E-state index contributed by atoms with van der Waals surface area (Å²) in [7, 11) is -1.91. The van der Waals surface area contributed by atoms with Crippen LogP contribution in [0.4, 0.5) is 5.13 Å². The second-order valence-corrected chi connectivity index (χ2v) is 10.4. The highest BCUT2D eigenvalue weighted by atomic mass is 32.2. The zero-order valence-corrected chi connectivity index (χ0v) is 19.2. The van der Waals surface area contributed by atoms with Gasteiger partial charge in [0.1, 0.15) is 17.3 Å². The summed E-state index contributed by atoms with van der Waals surface area (Å²) in [6.07, 6.45) is 3.95. The van der Waals surface area contributed by atoms with Crippen LogP contribution in [-0.2, 0) is 21.4 Å². The number of hydrogen-bond acceptors (Lipinski definition) is 7. The summed E-state index contributed by atoms with van der Waals surface area (Å²) in [4.78, 5) is 24.3. The Bertz CT molecular complexity index is 1210. The average molecular weight is 461 g/mol. The van der Waals surface area contributed by atoms with Crippen LogP contribution in [0.15, 0.2) is 36.5 Å². The Labute approximate surface area is 185 Å². The Morgan fingerprint density at radius 1 is 1.32 bits per heavy atom. The van der Waals surface area contributed by atoms with Gasteiger partial charge < -0.3 is 4.74 Å². The van der Waals surface area contributed by atoms with Crippen LogP contribution < -0.4 is 9.64 Å². The van der Waals surface area contributed by atoms with Crippen molar-refractivity contribution in [2.45, 2.75) is 32.4 Å². The van der Waals surface area contributed by atoms with Crippen LogP contribution >= 0.6 is 11.3 Å². The highest BCUT2D eigenvalue weighted by Gasteiger charge is 2.40. The van der Waals surface area contributed by atoms with Gasteiger partial charge in [0.05, 0.1) is 30.3 Å². The lowest BCUT2D eigenvalue weighted by atomic mass is 10.2. The molecule has 8 nitrogen and oxygen atoms in total. The molecule has 0 radical (unpaired) electrons. The van der Waals surface area contributed by atoms with E-state index in [1.807, 2.05) is 37.3 Å². The molecule has 0 saturated carbocycles. The second-order valence-electron chi connectivity index (χ2n) is 7.54. The normalized spacial score (nSPS) is 17.2. The van der Waals surface area contributed by atoms with E-state index in [2.05, 4.69) is 4.98 Å². The summed E-state index contributed by atoms with van der Waals surface area (Å²) in [5, 5.41) is 0.499. The maximum absolute atomic E-state index is 13.7. The van der Waals surface area contributed by atoms with Gasteiger partial charge in [-0.15, -0.1) is 0 Å². The zero-order chi connectivity index (χ0) is 22.2. The van der Waals surface area contributed by atoms with Crippen molar-refractivity contribution < 1.29 is 17.9 Å². The van der Waals surface area contributed by atoms with E-state index in [4.69, 9.17) is 9.72 Å². The molecule has 3 aromatic rings. The highest BCUT2D eigenvalue weighted by molar-refractivity contribution is 7.88. The van der Waals surface area contributed by atoms with E-state index in [0.717, 1.165) is 16.5 Å². The topological polar surface area (TPSA) is 92.7 Å². The number of rotatable bonds is 6. The van der Waals surface area contributed by atoms with Crippen LogP contribution in [0.25, 0.3) is 10.2 Å². The lowest BCUT2D eigenvalue weighted by Crippen LogP contribution is -2.47. The molecular formula is C21H24N4O4S2. The summed E-state index contributed by atoms with van der Waals surface area (Å²) in [5.74, 6) is 0.344. The molecule has 1 saturated heterocycles. The predicted octanol–water partition coefficient (Wildman–Crippen LogP) is 2.97. The first-order chi connectivity index (χ1) is 14.8. The fourth-order valence-corrected chi connectivity index (χ4v) is 6.01. The number of aromatic nitrogens is 2. The number of thiazole rings is 1. The van der Waals surface area contributed by atoms with Crippen LogP contribution in [0.1, 0.15) is 24.1 Å². The van der Waals surface area contributed by atoms with Crippen LogP contribution in [0.3, 0.4) is 0 Å². The molecule has 1 fully saturated rings. The number of hydrogen-bond donors (Lipinski definition) is 0. The van der Waals surface area contributed by atoms with Gasteiger partial charge in [-0.2, -0.15) is 4.31 Å². The summed E-state index contributed by atoms with van der Waals surface area (Å²) < 4.78 is 32.2. The molecule has 1 aliphatic rings. The second kappa shape index (κ2) is 8.52. The maximum atomic E-state index is 13.7. The molecule has 10 heteroatoms. The third-order valence-electron chi connectivity index (χ3n) is 5.37. The molecule has 3 heterocycles. The fraction of sp³-hybridized carbons (Fsp3) is 0.381. The van der Waals surface area contributed by atoms with Gasteiger partial charge in [0.15, 0.2) is 5.13 Å². The van der Waals surface area contributed by atoms with Gasteiger partial charge in [-0.1, -0.05) is 23.5 Å². The van der Waals surface area contributed by atoms with E-state index in [1.54, 1.807) is 18.2 Å². The lowest BCUT2D eigenvalue weighted by Gasteiger charge is -2.27. The molecule has 0 bridgehead atoms. The SMILES string of the molecule is COc1ccc(C)c2sc(N(Cc3ccccn3)C(=O)C3CCCN3S(C)(=O)=O)nc12. The van der Waals surface area contributed by atoms with Crippen molar-refractivity contribution in [3.8, 4) is 5.75 Å². The number of carbonyl (C=O) groups excluding carboxylic acids is 1. The third kappa shape index (κ3) is 4.28. The first-order valence-corrected chi connectivity index (χ1v) is 12.6. The molecule has 164 valence electrons. The molecule has 4 rings (SSSR count). The number of pyridine rings is 1. The van der Waals surface area contributed by atoms with Crippen LogP contribution in [0.5, 0.6) is 5.75 Å². The van der Waals surface area contributed by atoms with Crippen molar-refractivity contribution in [1.29, 1.82) is 0 Å². The van der Waals surface area contributed by atoms with E-state index < -0.39 is 16.1 Å². The Morgan fingerprint density at radius 3 is 2.81 bits per heavy atom. The quantitative estimate of drug-likeness (QED) is 0.562. The van der Waals surface area contributed by atoms with Crippen LogP contribution in [-0.4, -0.2) is 54.6 Å². The number of anilines is 1. The molecule has 31 heavy (non-hydrogen) atoms. The Hall–Kier alpha value is -2.56. The standard InChI is InChI=1S/C21H24N4O4S2/c1-14-9-10-17(29-2)18-19(14)30-21(23-18)24(13-15-7-4-5-11-22-15)20(26)16-8-6-12-25(16)31(3,27)28/h4-5,7,9-11,16H,6,8,12-13H2,1-3H3. The Kier molecular flexibility index (Phi) is 5.96. The molecule has 1 unspecified atom stereocenters. The summed E-state index contributed by atoms with van der Waals surface area (Å²) in [6.45, 7) is 2.53. The van der Waals surface area contributed by atoms with Crippen LogP contribution in [0.2, 0.25) is 0 Å². The number of amides is 1. The minimum Gasteiger partial charge on any atom is -0.494 e. The number of carbonyl (C=O) groups is 1. The van der Waals surface area contributed by atoms with E-state index in [0.29, 0.717) is 41.5 Å². The number of aryl methyl sites for hydroxylation is 1. The average Bonchev–Trinajstić information content (AvgIpc) is 3.41. The van der Waals surface area contributed by atoms with Gasteiger partial charge in [-0.25, -0.2) is 13.4 Å². The third-order valence-corrected chi connectivity index (χ3v) is 7.87. The first-order valence-electron chi connectivity index (χ1n) is 9.92. The first kappa shape index (κ1) is 21.7. The maximum Gasteiger partial charge on any atom is 0.247 e. The molecule has 0 aliphatic carbocycles. The van der Waals surface area contributed by atoms with E-state index >= 15 is 0 Å². The van der Waals surface area contributed by atoms with Gasteiger partial charge >= 0.3 is 0 Å². The van der Waals surface area contributed by atoms with E-state index in [-0.39, 0.29) is 12.5 Å². The number of benzene rings is 1. The van der Waals surface area contributed by atoms with Gasteiger partial charge in [-0.3, -0.25) is 14.7 Å².